The molecule has 112 valence electrons. The van der Waals surface area contributed by atoms with Crippen LogP contribution < -0.4 is 5.73 Å². The molecule has 0 aliphatic carbocycles. The number of benzene rings is 2. The molecule has 5 heteroatoms. The minimum absolute atomic E-state index is 0.343. The first kappa shape index (κ1) is 14.8. The summed E-state index contributed by atoms with van der Waals surface area (Å²) in [6.07, 6.45) is 0. The van der Waals surface area contributed by atoms with Gasteiger partial charge < -0.3 is 5.73 Å². The van der Waals surface area contributed by atoms with Gasteiger partial charge in [-0.1, -0.05) is 53.2 Å². The Hall–Kier alpha value is -2.17. The molecule has 0 aliphatic rings. The molecule has 0 fully saturated rings. The van der Waals surface area contributed by atoms with Crippen LogP contribution in [0.4, 0.5) is 0 Å². The fourth-order valence-corrected chi connectivity index (χ4v) is 2.69. The van der Waals surface area contributed by atoms with Gasteiger partial charge in [-0.15, -0.1) is 5.10 Å². The van der Waals surface area contributed by atoms with E-state index in [-0.39, 0.29) is 0 Å². The highest BCUT2D eigenvalue weighted by molar-refractivity contribution is 6.30. The third-order valence-electron chi connectivity index (χ3n) is 3.68. The first-order valence-electron chi connectivity index (χ1n) is 7.12. The van der Waals surface area contributed by atoms with Crippen molar-refractivity contribution in [2.45, 2.75) is 20.0 Å². The van der Waals surface area contributed by atoms with E-state index in [1.54, 1.807) is 0 Å². The smallest absolute Gasteiger partial charge is 0.104 e. The SMILES string of the molecule is Cc1ccccc1Cn1nnc(CN)c1-c1cccc(Cl)c1. The Balaban J connectivity index is 2.06. The fraction of sp³-hybridized carbons (Fsp3) is 0.176. The lowest BCUT2D eigenvalue weighted by Crippen LogP contribution is -2.06. The van der Waals surface area contributed by atoms with E-state index >= 15 is 0 Å². The highest BCUT2D eigenvalue weighted by Gasteiger charge is 2.15. The third-order valence-corrected chi connectivity index (χ3v) is 3.91. The molecule has 2 aromatic carbocycles. The number of nitrogens with two attached hydrogens (primary N) is 1. The maximum atomic E-state index is 6.11. The Labute approximate surface area is 134 Å². The standard InChI is InChI=1S/C17H17ClN4/c1-12-5-2-3-6-14(12)11-22-17(16(10-19)20-21-22)13-7-4-8-15(18)9-13/h2-9H,10-11,19H2,1H3. The van der Waals surface area contributed by atoms with Crippen molar-refractivity contribution in [2.24, 2.45) is 5.73 Å². The second-order valence-corrected chi connectivity index (χ2v) is 5.62. The van der Waals surface area contributed by atoms with Crippen molar-refractivity contribution in [3.63, 3.8) is 0 Å². The van der Waals surface area contributed by atoms with Crippen LogP contribution in [0.5, 0.6) is 0 Å². The van der Waals surface area contributed by atoms with Crippen LogP contribution in [0.2, 0.25) is 5.02 Å². The van der Waals surface area contributed by atoms with Crippen LogP contribution in [0.3, 0.4) is 0 Å². The van der Waals surface area contributed by atoms with E-state index in [1.165, 1.54) is 11.1 Å². The zero-order valence-electron chi connectivity index (χ0n) is 12.3. The summed E-state index contributed by atoms with van der Waals surface area (Å²) in [7, 11) is 0. The molecule has 1 aromatic heterocycles. The number of nitrogens with zero attached hydrogens (tertiary/aromatic N) is 3. The van der Waals surface area contributed by atoms with E-state index in [9.17, 15) is 0 Å². The van der Waals surface area contributed by atoms with Gasteiger partial charge >= 0.3 is 0 Å². The van der Waals surface area contributed by atoms with Crippen molar-refractivity contribution in [3.8, 4) is 11.3 Å². The Morgan fingerprint density at radius 2 is 1.95 bits per heavy atom. The van der Waals surface area contributed by atoms with E-state index in [0.717, 1.165) is 17.0 Å². The average Bonchev–Trinajstić information content (AvgIpc) is 2.92. The molecule has 0 bridgehead atoms. The number of halogens is 1. The van der Waals surface area contributed by atoms with Gasteiger partial charge in [0.2, 0.25) is 0 Å². The lowest BCUT2D eigenvalue weighted by molar-refractivity contribution is 0.652. The molecule has 0 spiro atoms. The molecule has 4 nitrogen and oxygen atoms in total. The molecule has 3 aromatic rings. The molecule has 1 heterocycles. The van der Waals surface area contributed by atoms with Crippen LogP contribution >= 0.6 is 11.6 Å². The first-order chi connectivity index (χ1) is 10.7. The molecule has 2 N–H and O–H groups in total. The van der Waals surface area contributed by atoms with E-state index in [2.05, 4.69) is 29.4 Å². The molecule has 3 rings (SSSR count). The van der Waals surface area contributed by atoms with E-state index in [4.69, 9.17) is 17.3 Å². The van der Waals surface area contributed by atoms with Crippen molar-refractivity contribution < 1.29 is 0 Å². The molecular weight excluding hydrogens is 296 g/mol. The van der Waals surface area contributed by atoms with E-state index in [0.29, 0.717) is 18.1 Å². The van der Waals surface area contributed by atoms with Crippen molar-refractivity contribution in [2.75, 3.05) is 0 Å². The highest BCUT2D eigenvalue weighted by Crippen LogP contribution is 2.26. The van der Waals surface area contributed by atoms with Crippen LogP contribution in [-0.4, -0.2) is 15.0 Å². The zero-order valence-corrected chi connectivity index (χ0v) is 13.1. The number of aromatic nitrogens is 3. The summed E-state index contributed by atoms with van der Waals surface area (Å²) in [6, 6.07) is 15.9. The van der Waals surface area contributed by atoms with Crippen LogP contribution in [0.15, 0.2) is 48.5 Å². The Morgan fingerprint density at radius 1 is 1.14 bits per heavy atom. The van der Waals surface area contributed by atoms with Gasteiger partial charge in [-0.2, -0.15) is 0 Å². The van der Waals surface area contributed by atoms with Gasteiger partial charge in [0, 0.05) is 17.1 Å². The molecule has 0 aliphatic heterocycles. The molecule has 0 saturated heterocycles. The van der Waals surface area contributed by atoms with E-state index in [1.807, 2.05) is 41.1 Å². The predicted molar refractivity (Wildman–Crippen MR) is 88.6 cm³/mol. The Kier molecular flexibility index (Phi) is 4.22. The summed E-state index contributed by atoms with van der Waals surface area (Å²) < 4.78 is 1.89. The number of hydrogen-bond acceptors (Lipinski definition) is 3. The van der Waals surface area contributed by atoms with E-state index < -0.39 is 0 Å². The van der Waals surface area contributed by atoms with Gasteiger partial charge in [0.05, 0.1) is 12.2 Å². The summed E-state index contributed by atoms with van der Waals surface area (Å²) in [6.45, 7) is 3.09. The normalized spacial score (nSPS) is 10.9. The van der Waals surface area contributed by atoms with Crippen LogP contribution in [0.25, 0.3) is 11.3 Å². The topological polar surface area (TPSA) is 56.7 Å². The first-order valence-corrected chi connectivity index (χ1v) is 7.49. The fourth-order valence-electron chi connectivity index (χ4n) is 2.50. The maximum absolute atomic E-state index is 6.11. The van der Waals surface area contributed by atoms with Gasteiger partial charge in [0.15, 0.2) is 0 Å². The second-order valence-electron chi connectivity index (χ2n) is 5.18. The quantitative estimate of drug-likeness (QED) is 0.803. The van der Waals surface area contributed by atoms with Gasteiger partial charge in [-0.3, -0.25) is 0 Å². The number of aryl methyl sites for hydroxylation is 1. The van der Waals surface area contributed by atoms with Crippen LogP contribution in [0, 0.1) is 6.92 Å². The lowest BCUT2D eigenvalue weighted by atomic mass is 10.1. The Bertz CT molecular complexity index is 795. The number of rotatable bonds is 4. The van der Waals surface area contributed by atoms with Gasteiger partial charge in [0.25, 0.3) is 0 Å². The molecule has 0 radical (unpaired) electrons. The van der Waals surface area contributed by atoms with Gasteiger partial charge in [-0.05, 0) is 30.2 Å². The summed E-state index contributed by atoms with van der Waals surface area (Å²) >= 11 is 6.11. The highest BCUT2D eigenvalue weighted by atomic mass is 35.5. The average molecular weight is 313 g/mol. The molecule has 22 heavy (non-hydrogen) atoms. The molecule has 0 saturated carbocycles. The van der Waals surface area contributed by atoms with Crippen molar-refractivity contribution in [1.29, 1.82) is 0 Å². The summed E-state index contributed by atoms with van der Waals surface area (Å²) in [5.41, 5.74) is 10.9. The molecule has 0 atom stereocenters. The second kappa shape index (κ2) is 6.30. The van der Waals surface area contributed by atoms with Gasteiger partial charge in [-0.25, -0.2) is 4.68 Å². The molecule has 0 amide bonds. The van der Waals surface area contributed by atoms with Crippen molar-refractivity contribution in [3.05, 3.63) is 70.4 Å². The summed E-state index contributed by atoms with van der Waals surface area (Å²) in [5, 5.41) is 9.17. The predicted octanol–water partition coefficient (Wildman–Crippen LogP) is 3.41. The minimum atomic E-state index is 0.343. The number of hydrogen-bond donors (Lipinski definition) is 1. The minimum Gasteiger partial charge on any atom is -0.325 e. The van der Waals surface area contributed by atoms with Crippen molar-refractivity contribution >= 4 is 11.6 Å². The van der Waals surface area contributed by atoms with Gasteiger partial charge in [0.1, 0.15) is 5.69 Å². The lowest BCUT2D eigenvalue weighted by Gasteiger charge is -2.10. The maximum Gasteiger partial charge on any atom is 0.104 e. The monoisotopic (exact) mass is 312 g/mol. The molecule has 0 unspecified atom stereocenters. The summed E-state index contributed by atoms with van der Waals surface area (Å²) in [4.78, 5) is 0. The summed E-state index contributed by atoms with van der Waals surface area (Å²) in [5.74, 6) is 0. The largest absolute Gasteiger partial charge is 0.325 e. The van der Waals surface area contributed by atoms with Crippen molar-refractivity contribution in [1.82, 2.24) is 15.0 Å². The third kappa shape index (κ3) is 2.89. The van der Waals surface area contributed by atoms with Crippen LogP contribution in [0.1, 0.15) is 16.8 Å². The van der Waals surface area contributed by atoms with Crippen LogP contribution in [-0.2, 0) is 13.1 Å². The Morgan fingerprint density at radius 3 is 2.68 bits per heavy atom. The molecular formula is C17H17ClN4. The zero-order chi connectivity index (χ0) is 15.5.